The van der Waals surface area contributed by atoms with Crippen LogP contribution in [0.1, 0.15) is 10.4 Å². The molecule has 5 heteroatoms. The number of hydrogen-bond donors (Lipinski definition) is 0. The summed E-state index contributed by atoms with van der Waals surface area (Å²) < 4.78 is 18.3. The minimum absolute atomic E-state index is 0.0182. The van der Waals surface area contributed by atoms with E-state index in [1.165, 1.54) is 19.2 Å². The first-order valence-electron chi connectivity index (χ1n) is 5.93. The molecule has 0 aromatic heterocycles. The largest absolute Gasteiger partial charge is 0.465 e. The van der Waals surface area contributed by atoms with Crippen molar-refractivity contribution in [3.63, 3.8) is 0 Å². The number of halogens is 1. The fraction of sp³-hybridized carbons (Fsp3) is 0.462. The smallest absolute Gasteiger partial charge is 0.340 e. The van der Waals surface area contributed by atoms with Crippen LogP contribution in [0.4, 0.5) is 10.1 Å². The van der Waals surface area contributed by atoms with E-state index in [9.17, 15) is 9.18 Å². The molecule has 1 heterocycles. The fourth-order valence-corrected chi connectivity index (χ4v) is 2.04. The first-order valence-corrected chi connectivity index (χ1v) is 5.93. The van der Waals surface area contributed by atoms with Crippen molar-refractivity contribution >= 4 is 11.7 Å². The molecule has 0 spiro atoms. The van der Waals surface area contributed by atoms with E-state index in [0.717, 1.165) is 31.9 Å². The Morgan fingerprint density at radius 3 is 2.50 bits per heavy atom. The van der Waals surface area contributed by atoms with Crippen molar-refractivity contribution in [2.75, 3.05) is 45.2 Å². The molecule has 4 nitrogen and oxygen atoms in total. The number of hydrogen-bond acceptors (Lipinski definition) is 4. The summed E-state index contributed by atoms with van der Waals surface area (Å²) in [5.41, 5.74) is 0.795. The van der Waals surface area contributed by atoms with Crippen molar-refractivity contribution in [2.24, 2.45) is 0 Å². The second-order valence-electron chi connectivity index (χ2n) is 4.45. The molecule has 1 aromatic carbocycles. The molecule has 0 radical (unpaired) electrons. The molecular weight excluding hydrogens is 235 g/mol. The number of methoxy groups -OCH3 is 1. The molecule has 1 fully saturated rings. The average Bonchev–Trinajstić information content (AvgIpc) is 2.38. The number of nitrogens with zero attached hydrogens (tertiary/aromatic N) is 2. The summed E-state index contributed by atoms with van der Waals surface area (Å²) in [5.74, 6) is -1.17. The van der Waals surface area contributed by atoms with Gasteiger partial charge in [-0.25, -0.2) is 9.18 Å². The van der Waals surface area contributed by atoms with Crippen LogP contribution in [0, 0.1) is 5.82 Å². The van der Waals surface area contributed by atoms with E-state index in [-0.39, 0.29) is 5.56 Å². The van der Waals surface area contributed by atoms with Gasteiger partial charge in [-0.1, -0.05) is 0 Å². The fourth-order valence-electron chi connectivity index (χ4n) is 2.04. The maximum Gasteiger partial charge on any atom is 0.340 e. The third-order valence-corrected chi connectivity index (χ3v) is 3.23. The van der Waals surface area contributed by atoms with Crippen LogP contribution >= 0.6 is 0 Å². The predicted octanol–water partition coefficient (Wildman–Crippen LogP) is 1.36. The number of rotatable bonds is 2. The third-order valence-electron chi connectivity index (χ3n) is 3.23. The molecule has 1 aliphatic heterocycles. The Morgan fingerprint density at radius 2 is 1.94 bits per heavy atom. The lowest BCUT2D eigenvalue weighted by Gasteiger charge is -2.34. The molecule has 1 aliphatic rings. The summed E-state index contributed by atoms with van der Waals surface area (Å²) in [5, 5.41) is 0. The van der Waals surface area contributed by atoms with E-state index in [0.29, 0.717) is 0 Å². The maximum atomic E-state index is 13.8. The highest BCUT2D eigenvalue weighted by Crippen LogP contribution is 2.20. The normalized spacial score (nSPS) is 16.7. The minimum atomic E-state index is -0.641. The summed E-state index contributed by atoms with van der Waals surface area (Å²) in [6, 6.07) is 4.65. The Hall–Kier alpha value is -1.62. The number of esters is 1. The van der Waals surface area contributed by atoms with E-state index in [1.54, 1.807) is 6.07 Å². The van der Waals surface area contributed by atoms with Crippen molar-refractivity contribution in [1.29, 1.82) is 0 Å². The number of anilines is 1. The van der Waals surface area contributed by atoms with Gasteiger partial charge in [0.25, 0.3) is 0 Å². The third kappa shape index (κ3) is 2.61. The van der Waals surface area contributed by atoms with Gasteiger partial charge in [-0.05, 0) is 25.2 Å². The molecule has 1 aromatic rings. The lowest BCUT2D eigenvalue weighted by Crippen LogP contribution is -2.44. The Bertz CT molecular complexity index is 443. The van der Waals surface area contributed by atoms with Gasteiger partial charge in [-0.3, -0.25) is 0 Å². The monoisotopic (exact) mass is 252 g/mol. The first kappa shape index (κ1) is 12.8. The Balaban J connectivity index is 2.16. The Kier molecular flexibility index (Phi) is 3.81. The van der Waals surface area contributed by atoms with Gasteiger partial charge in [0, 0.05) is 31.9 Å². The molecule has 0 aliphatic carbocycles. The van der Waals surface area contributed by atoms with E-state index < -0.39 is 11.8 Å². The van der Waals surface area contributed by atoms with Crippen LogP contribution < -0.4 is 4.90 Å². The summed E-state index contributed by atoms with van der Waals surface area (Å²) in [7, 11) is 3.31. The van der Waals surface area contributed by atoms with E-state index >= 15 is 0 Å². The van der Waals surface area contributed by atoms with Crippen molar-refractivity contribution in [1.82, 2.24) is 4.90 Å². The van der Waals surface area contributed by atoms with Gasteiger partial charge in [0.05, 0.1) is 12.7 Å². The Labute approximate surface area is 106 Å². The summed E-state index contributed by atoms with van der Waals surface area (Å²) >= 11 is 0. The average molecular weight is 252 g/mol. The molecule has 1 saturated heterocycles. The van der Waals surface area contributed by atoms with Gasteiger partial charge in [0.2, 0.25) is 0 Å². The van der Waals surface area contributed by atoms with Crippen LogP contribution in [-0.2, 0) is 4.74 Å². The SMILES string of the molecule is COC(=O)c1ccc(N2CCN(C)CC2)cc1F. The zero-order valence-corrected chi connectivity index (χ0v) is 10.6. The van der Waals surface area contributed by atoms with Crippen LogP contribution in [-0.4, -0.2) is 51.2 Å². The number of piperazine rings is 1. The number of likely N-dealkylation sites (N-methyl/N-ethyl adjacent to an activating group) is 1. The zero-order chi connectivity index (χ0) is 13.1. The number of carbonyl (C=O) groups is 1. The van der Waals surface area contributed by atoms with Crippen LogP contribution in [0.3, 0.4) is 0 Å². The van der Waals surface area contributed by atoms with Crippen molar-refractivity contribution in [2.45, 2.75) is 0 Å². The van der Waals surface area contributed by atoms with Crippen molar-refractivity contribution < 1.29 is 13.9 Å². The second-order valence-corrected chi connectivity index (χ2v) is 4.45. The van der Waals surface area contributed by atoms with Crippen molar-refractivity contribution in [3.05, 3.63) is 29.6 Å². The summed E-state index contributed by atoms with van der Waals surface area (Å²) in [6.07, 6.45) is 0. The van der Waals surface area contributed by atoms with E-state index in [4.69, 9.17) is 0 Å². The van der Waals surface area contributed by atoms with Gasteiger partial charge in [0.1, 0.15) is 5.82 Å². The van der Waals surface area contributed by atoms with Crippen LogP contribution in [0.25, 0.3) is 0 Å². The maximum absolute atomic E-state index is 13.8. The van der Waals surface area contributed by atoms with Crippen LogP contribution in [0.15, 0.2) is 18.2 Å². The summed E-state index contributed by atoms with van der Waals surface area (Å²) in [6.45, 7) is 3.65. The number of ether oxygens (including phenoxy) is 1. The van der Waals surface area contributed by atoms with Crippen LogP contribution in [0.5, 0.6) is 0 Å². The Morgan fingerprint density at radius 1 is 1.28 bits per heavy atom. The predicted molar refractivity (Wildman–Crippen MR) is 67.4 cm³/mol. The van der Waals surface area contributed by atoms with Gasteiger partial charge >= 0.3 is 5.97 Å². The minimum Gasteiger partial charge on any atom is -0.465 e. The first-order chi connectivity index (χ1) is 8.61. The molecule has 2 rings (SSSR count). The molecule has 18 heavy (non-hydrogen) atoms. The van der Waals surface area contributed by atoms with Gasteiger partial charge < -0.3 is 14.5 Å². The molecule has 0 bridgehead atoms. The second kappa shape index (κ2) is 5.35. The molecule has 0 saturated carbocycles. The molecule has 0 amide bonds. The molecule has 98 valence electrons. The molecule has 0 N–H and O–H groups in total. The van der Waals surface area contributed by atoms with Crippen LogP contribution in [0.2, 0.25) is 0 Å². The van der Waals surface area contributed by atoms with Gasteiger partial charge in [-0.2, -0.15) is 0 Å². The standard InChI is InChI=1S/C13H17FN2O2/c1-15-5-7-16(8-6-15)10-3-4-11(12(14)9-10)13(17)18-2/h3-4,9H,5-8H2,1-2H3. The molecular formula is C13H17FN2O2. The van der Waals surface area contributed by atoms with E-state index in [1.807, 2.05) is 0 Å². The lowest BCUT2D eigenvalue weighted by atomic mass is 10.1. The molecule has 0 atom stereocenters. The number of benzene rings is 1. The topological polar surface area (TPSA) is 32.8 Å². The highest BCUT2D eigenvalue weighted by Gasteiger charge is 2.17. The molecule has 0 unspecified atom stereocenters. The zero-order valence-electron chi connectivity index (χ0n) is 10.6. The quantitative estimate of drug-likeness (QED) is 0.744. The van der Waals surface area contributed by atoms with Gasteiger partial charge in [-0.15, -0.1) is 0 Å². The van der Waals surface area contributed by atoms with Gasteiger partial charge in [0.15, 0.2) is 0 Å². The number of carbonyl (C=O) groups excluding carboxylic acids is 1. The lowest BCUT2D eigenvalue weighted by molar-refractivity contribution is 0.0595. The van der Waals surface area contributed by atoms with E-state index in [2.05, 4.69) is 21.6 Å². The summed E-state index contributed by atoms with van der Waals surface area (Å²) in [4.78, 5) is 15.6. The highest BCUT2D eigenvalue weighted by molar-refractivity contribution is 5.90. The van der Waals surface area contributed by atoms with Crippen molar-refractivity contribution in [3.8, 4) is 0 Å². The highest BCUT2D eigenvalue weighted by atomic mass is 19.1.